The molecule has 5 nitrogen and oxygen atoms in total. The van der Waals surface area contributed by atoms with Gasteiger partial charge in [0.15, 0.2) is 0 Å². The Morgan fingerprint density at radius 1 is 1.07 bits per heavy atom. The van der Waals surface area contributed by atoms with Crippen molar-refractivity contribution in [1.82, 2.24) is 4.98 Å². The summed E-state index contributed by atoms with van der Waals surface area (Å²) in [6, 6.07) is 18.5. The molecule has 2 N–H and O–H groups in total. The van der Waals surface area contributed by atoms with Gasteiger partial charge in [-0.05, 0) is 49.7 Å². The molecule has 0 aliphatic carbocycles. The van der Waals surface area contributed by atoms with Crippen LogP contribution < -0.4 is 15.4 Å². The summed E-state index contributed by atoms with van der Waals surface area (Å²) in [5, 5.41) is 6.81. The number of ether oxygens (including phenoxy) is 1. The van der Waals surface area contributed by atoms with E-state index in [0.29, 0.717) is 28.7 Å². The highest BCUT2D eigenvalue weighted by atomic mass is 35.5. The first-order valence-electron chi connectivity index (χ1n) is 9.03. The number of hydrogen-bond donors (Lipinski definition) is 2. The van der Waals surface area contributed by atoms with Crippen LogP contribution in [0.25, 0.3) is 0 Å². The average Bonchev–Trinajstić information content (AvgIpc) is 2.69. The summed E-state index contributed by atoms with van der Waals surface area (Å²) in [7, 11) is 0. The van der Waals surface area contributed by atoms with Crippen molar-refractivity contribution in [3.8, 4) is 5.75 Å². The van der Waals surface area contributed by atoms with Crippen molar-refractivity contribution in [2.75, 3.05) is 10.6 Å². The number of nitrogens with one attached hydrogen (secondary N) is 2. The van der Waals surface area contributed by atoms with Gasteiger partial charge in [0.25, 0.3) is 5.91 Å². The molecule has 0 atom stereocenters. The maximum atomic E-state index is 12.5. The first-order chi connectivity index (χ1) is 13.5. The molecular weight excluding hydrogens is 374 g/mol. The average molecular weight is 396 g/mol. The van der Waals surface area contributed by atoms with Crippen molar-refractivity contribution < 1.29 is 9.53 Å². The Labute approximate surface area is 169 Å². The first-order valence-corrected chi connectivity index (χ1v) is 9.41. The van der Waals surface area contributed by atoms with Crippen LogP contribution in [-0.4, -0.2) is 17.0 Å². The second-order valence-electron chi connectivity index (χ2n) is 6.49. The molecule has 0 radical (unpaired) electrons. The topological polar surface area (TPSA) is 63.2 Å². The highest BCUT2D eigenvalue weighted by molar-refractivity contribution is 6.31. The lowest BCUT2D eigenvalue weighted by Crippen LogP contribution is -2.15. The zero-order valence-electron chi connectivity index (χ0n) is 15.8. The molecule has 1 amide bonds. The molecule has 0 bridgehead atoms. The second kappa shape index (κ2) is 9.24. The number of rotatable bonds is 7. The van der Waals surface area contributed by atoms with Gasteiger partial charge in [0.2, 0.25) is 0 Å². The number of halogens is 1. The minimum atomic E-state index is -0.294. The maximum Gasteiger partial charge on any atom is 0.274 e. The summed E-state index contributed by atoms with van der Waals surface area (Å²) in [6.45, 7) is 4.45. The number of hydrogen-bond acceptors (Lipinski definition) is 4. The molecule has 0 saturated carbocycles. The van der Waals surface area contributed by atoms with E-state index in [1.54, 1.807) is 18.3 Å². The van der Waals surface area contributed by atoms with Gasteiger partial charge >= 0.3 is 0 Å². The van der Waals surface area contributed by atoms with Crippen LogP contribution in [0.3, 0.4) is 0 Å². The lowest BCUT2D eigenvalue weighted by Gasteiger charge is -2.14. The van der Waals surface area contributed by atoms with E-state index in [0.717, 1.165) is 11.3 Å². The Morgan fingerprint density at radius 3 is 2.54 bits per heavy atom. The van der Waals surface area contributed by atoms with E-state index in [1.807, 2.05) is 62.4 Å². The van der Waals surface area contributed by atoms with E-state index in [4.69, 9.17) is 16.3 Å². The van der Waals surface area contributed by atoms with Crippen LogP contribution in [0.4, 0.5) is 11.4 Å². The van der Waals surface area contributed by atoms with E-state index in [-0.39, 0.29) is 12.0 Å². The standard InChI is InChI=1S/C22H22ClN3O2/c1-15(2)28-21-10-6-5-9-19(21)26-22(27)20-12-11-17(14-25-20)24-13-16-7-3-4-8-18(16)23/h3-12,14-15,24H,13H2,1-2H3,(H,26,27). The molecule has 0 aliphatic heterocycles. The third-order valence-corrected chi connectivity index (χ3v) is 4.30. The predicted molar refractivity (Wildman–Crippen MR) is 113 cm³/mol. The van der Waals surface area contributed by atoms with Crippen LogP contribution in [0.15, 0.2) is 66.9 Å². The molecule has 0 aliphatic rings. The van der Waals surface area contributed by atoms with Crippen molar-refractivity contribution in [2.24, 2.45) is 0 Å². The molecule has 0 fully saturated rings. The van der Waals surface area contributed by atoms with Gasteiger partial charge in [-0.2, -0.15) is 0 Å². The van der Waals surface area contributed by atoms with E-state index < -0.39 is 0 Å². The minimum Gasteiger partial charge on any atom is -0.489 e. The van der Waals surface area contributed by atoms with Gasteiger partial charge in [-0.15, -0.1) is 0 Å². The Balaban J connectivity index is 1.63. The minimum absolute atomic E-state index is 0.0136. The molecule has 1 aromatic heterocycles. The van der Waals surface area contributed by atoms with E-state index in [1.165, 1.54) is 0 Å². The molecule has 6 heteroatoms. The summed E-state index contributed by atoms with van der Waals surface area (Å²) in [6.07, 6.45) is 1.64. The fourth-order valence-electron chi connectivity index (χ4n) is 2.58. The van der Waals surface area contributed by atoms with Gasteiger partial charge in [-0.1, -0.05) is 41.9 Å². The van der Waals surface area contributed by atoms with Crippen LogP contribution in [0.1, 0.15) is 29.9 Å². The van der Waals surface area contributed by atoms with Crippen molar-refractivity contribution in [3.63, 3.8) is 0 Å². The molecular formula is C22H22ClN3O2. The van der Waals surface area contributed by atoms with E-state index >= 15 is 0 Å². The number of carbonyl (C=O) groups is 1. The number of aromatic nitrogens is 1. The molecule has 0 spiro atoms. The van der Waals surface area contributed by atoms with Gasteiger partial charge in [0.05, 0.1) is 23.7 Å². The van der Waals surface area contributed by atoms with Gasteiger partial charge in [0, 0.05) is 11.6 Å². The largest absolute Gasteiger partial charge is 0.489 e. The number of nitrogens with zero attached hydrogens (tertiary/aromatic N) is 1. The molecule has 1 heterocycles. The predicted octanol–water partition coefficient (Wildman–Crippen LogP) is 5.39. The molecule has 28 heavy (non-hydrogen) atoms. The van der Waals surface area contributed by atoms with E-state index in [9.17, 15) is 4.79 Å². The zero-order chi connectivity index (χ0) is 19.9. The summed E-state index contributed by atoms with van der Waals surface area (Å²) >= 11 is 6.16. The Bertz CT molecular complexity index is 943. The fourth-order valence-corrected chi connectivity index (χ4v) is 2.79. The number of pyridine rings is 1. The van der Waals surface area contributed by atoms with Crippen LogP contribution in [0, 0.1) is 0 Å². The maximum absolute atomic E-state index is 12.5. The quantitative estimate of drug-likeness (QED) is 0.563. The molecule has 0 saturated heterocycles. The number of carbonyl (C=O) groups excluding carboxylic acids is 1. The molecule has 3 aromatic rings. The van der Waals surface area contributed by atoms with Gasteiger partial charge in [0.1, 0.15) is 11.4 Å². The summed E-state index contributed by atoms with van der Waals surface area (Å²) in [4.78, 5) is 16.8. The Morgan fingerprint density at radius 2 is 1.82 bits per heavy atom. The molecule has 3 rings (SSSR count). The number of amides is 1. The summed E-state index contributed by atoms with van der Waals surface area (Å²) in [5.74, 6) is 0.335. The highest BCUT2D eigenvalue weighted by Crippen LogP contribution is 2.25. The third-order valence-electron chi connectivity index (χ3n) is 3.93. The van der Waals surface area contributed by atoms with Crippen molar-refractivity contribution >= 4 is 28.9 Å². The molecule has 2 aromatic carbocycles. The smallest absolute Gasteiger partial charge is 0.274 e. The highest BCUT2D eigenvalue weighted by Gasteiger charge is 2.12. The second-order valence-corrected chi connectivity index (χ2v) is 6.90. The van der Waals surface area contributed by atoms with Crippen LogP contribution in [0.5, 0.6) is 5.75 Å². The fraction of sp³-hybridized carbons (Fsp3) is 0.182. The molecule has 144 valence electrons. The van der Waals surface area contributed by atoms with Crippen molar-refractivity contribution in [2.45, 2.75) is 26.5 Å². The van der Waals surface area contributed by atoms with Crippen LogP contribution in [0.2, 0.25) is 5.02 Å². The van der Waals surface area contributed by atoms with Gasteiger partial charge in [-0.3, -0.25) is 4.79 Å². The monoisotopic (exact) mass is 395 g/mol. The van der Waals surface area contributed by atoms with Crippen LogP contribution >= 0.6 is 11.6 Å². The summed E-state index contributed by atoms with van der Waals surface area (Å²) < 4.78 is 5.73. The van der Waals surface area contributed by atoms with E-state index in [2.05, 4.69) is 15.6 Å². The normalized spacial score (nSPS) is 10.6. The summed E-state index contributed by atoms with van der Waals surface area (Å²) in [5.41, 5.74) is 2.74. The third kappa shape index (κ3) is 5.24. The number of anilines is 2. The lowest BCUT2D eigenvalue weighted by atomic mass is 10.2. The number of para-hydroxylation sites is 2. The Hall–Kier alpha value is -3.05. The Kier molecular flexibility index (Phi) is 6.50. The van der Waals surface area contributed by atoms with Crippen molar-refractivity contribution in [3.05, 3.63) is 83.1 Å². The zero-order valence-corrected chi connectivity index (χ0v) is 16.5. The van der Waals surface area contributed by atoms with Gasteiger partial charge < -0.3 is 15.4 Å². The SMILES string of the molecule is CC(C)Oc1ccccc1NC(=O)c1ccc(NCc2ccccc2Cl)cn1. The van der Waals surface area contributed by atoms with Crippen molar-refractivity contribution in [1.29, 1.82) is 0 Å². The lowest BCUT2D eigenvalue weighted by molar-refractivity contribution is 0.102. The first kappa shape index (κ1) is 19.7. The van der Waals surface area contributed by atoms with Crippen LogP contribution in [-0.2, 0) is 6.54 Å². The van der Waals surface area contributed by atoms with Gasteiger partial charge in [-0.25, -0.2) is 4.98 Å². The molecule has 0 unspecified atom stereocenters. The number of benzene rings is 2.